The van der Waals surface area contributed by atoms with E-state index >= 15 is 0 Å². The van der Waals surface area contributed by atoms with Crippen LogP contribution in [0.15, 0.2) is 51.9 Å². The van der Waals surface area contributed by atoms with E-state index in [0.29, 0.717) is 16.7 Å². The van der Waals surface area contributed by atoms with Gasteiger partial charge in [-0.05, 0) is 104 Å². The Morgan fingerprint density at radius 2 is 1.72 bits per heavy atom. The predicted octanol–water partition coefficient (Wildman–Crippen LogP) is 3.60. The number of rotatable bonds is 11. The number of ketones is 1. The first-order chi connectivity index (χ1) is 22.1. The van der Waals surface area contributed by atoms with Gasteiger partial charge in [-0.3, -0.25) is 28.8 Å². The third kappa shape index (κ3) is 6.95. The summed E-state index contributed by atoms with van der Waals surface area (Å²) in [6.45, 7) is -0.186. The molecule has 4 aliphatic rings. The van der Waals surface area contributed by atoms with Crippen LogP contribution < -0.4 is 26.8 Å². The molecule has 0 saturated heterocycles. The van der Waals surface area contributed by atoms with Gasteiger partial charge in [0.25, 0.3) is 17.4 Å². The Bertz CT molecular complexity index is 1740. The normalized spacial score (nSPS) is 23.5. The number of thiophene rings is 1. The van der Waals surface area contributed by atoms with Crippen LogP contribution >= 0.6 is 27.3 Å². The van der Waals surface area contributed by atoms with Crippen molar-refractivity contribution in [3.63, 3.8) is 0 Å². The van der Waals surface area contributed by atoms with Gasteiger partial charge in [0.2, 0.25) is 17.6 Å². The maximum Gasteiger partial charge on any atom is 0.287 e. The SMILES string of the molecule is CNC(=O)C(=O)CC[C@H](NC(=O)c1cc2cc(Br)ccc2s1)C(=O)Nc1cccn(CC(=O)NC2C3CC4CC(C3)CC2C4)c1=O. The molecule has 4 fully saturated rings. The number of benzene rings is 1. The Labute approximate surface area is 278 Å². The van der Waals surface area contributed by atoms with Crippen LogP contribution in [0.4, 0.5) is 5.69 Å². The van der Waals surface area contributed by atoms with Gasteiger partial charge in [0.05, 0.1) is 4.88 Å². The Hall–Kier alpha value is -3.84. The molecule has 2 heterocycles. The molecule has 46 heavy (non-hydrogen) atoms. The van der Waals surface area contributed by atoms with Gasteiger partial charge in [0.1, 0.15) is 18.3 Å². The number of aromatic nitrogens is 1. The highest BCUT2D eigenvalue weighted by Gasteiger charge is 2.48. The number of carbonyl (C=O) groups is 5. The van der Waals surface area contributed by atoms with Crippen molar-refractivity contribution in [3.8, 4) is 0 Å². The van der Waals surface area contributed by atoms with Crippen LogP contribution in [0.5, 0.6) is 0 Å². The summed E-state index contributed by atoms with van der Waals surface area (Å²) in [7, 11) is 1.33. The Kier molecular flexibility index (Phi) is 9.42. The highest BCUT2D eigenvalue weighted by Crippen LogP contribution is 2.53. The smallest absolute Gasteiger partial charge is 0.287 e. The Balaban J connectivity index is 1.13. The standard InChI is InChI=1S/C33H36BrN5O6S/c1-35-31(43)25(40)6-5-23(36-32(44)27-15-19-14-22(34)4-7-26(19)46-27)30(42)37-24-3-2-8-39(33(24)45)16-28(41)38-29-20-10-17-9-18(12-20)13-21(29)11-17/h2-4,7-8,14-15,17-18,20-21,23,29H,5-6,9-13,16H2,1H3,(H,35,43)(H,36,44)(H,37,42)(H,38,41)/t17?,18?,20?,21?,23-,29?/m0/s1. The summed E-state index contributed by atoms with van der Waals surface area (Å²) in [5.74, 6) is -0.489. The van der Waals surface area contributed by atoms with Gasteiger partial charge < -0.3 is 25.8 Å². The largest absolute Gasteiger partial charge is 0.353 e. The van der Waals surface area contributed by atoms with E-state index in [0.717, 1.165) is 52.1 Å². The van der Waals surface area contributed by atoms with Crippen molar-refractivity contribution in [2.75, 3.05) is 12.4 Å². The number of anilines is 1. The number of amides is 4. The molecule has 2 aromatic heterocycles. The Morgan fingerprint density at radius 1 is 1.00 bits per heavy atom. The second-order valence-corrected chi connectivity index (χ2v) is 14.7. The van der Waals surface area contributed by atoms with Crippen molar-refractivity contribution < 1.29 is 24.0 Å². The first kappa shape index (κ1) is 32.1. The van der Waals surface area contributed by atoms with Crippen molar-refractivity contribution in [3.05, 3.63) is 62.3 Å². The average Bonchev–Trinajstić information content (AvgIpc) is 3.45. The highest BCUT2D eigenvalue weighted by atomic mass is 79.9. The van der Waals surface area contributed by atoms with E-state index in [2.05, 4.69) is 37.2 Å². The zero-order valence-corrected chi connectivity index (χ0v) is 27.7. The fourth-order valence-electron chi connectivity index (χ4n) is 7.68. The van der Waals surface area contributed by atoms with Crippen LogP contribution in [-0.4, -0.2) is 53.1 Å². The molecule has 0 aliphatic heterocycles. The van der Waals surface area contributed by atoms with Crippen molar-refractivity contribution in [2.24, 2.45) is 23.7 Å². The molecule has 4 N–H and O–H groups in total. The number of likely N-dealkylation sites (N-methyl/N-ethyl adjacent to an activating group) is 1. The lowest BCUT2D eigenvalue weighted by atomic mass is 9.54. The van der Waals surface area contributed by atoms with E-state index in [4.69, 9.17) is 0 Å². The number of nitrogens with one attached hydrogen (secondary N) is 4. The number of nitrogens with zero attached hydrogens (tertiary/aromatic N) is 1. The first-order valence-electron chi connectivity index (χ1n) is 15.6. The van der Waals surface area contributed by atoms with Crippen molar-refractivity contribution >= 4 is 72.5 Å². The maximum absolute atomic E-state index is 13.5. The minimum absolute atomic E-state index is 0.0708. The molecule has 242 valence electrons. The fraction of sp³-hybridized carbons (Fsp3) is 0.455. The summed E-state index contributed by atoms with van der Waals surface area (Å²) >= 11 is 4.67. The van der Waals surface area contributed by atoms with Gasteiger partial charge in [-0.25, -0.2) is 0 Å². The van der Waals surface area contributed by atoms with Crippen molar-refractivity contribution in [1.29, 1.82) is 0 Å². The second-order valence-electron chi connectivity index (χ2n) is 12.7. The number of pyridine rings is 1. The molecule has 0 unspecified atom stereocenters. The monoisotopic (exact) mass is 709 g/mol. The number of fused-ring (bicyclic) bond motifs is 1. The van der Waals surface area contributed by atoms with E-state index in [1.807, 2.05) is 18.2 Å². The van der Waals surface area contributed by atoms with Gasteiger partial charge in [0, 0.05) is 34.9 Å². The van der Waals surface area contributed by atoms with Gasteiger partial charge >= 0.3 is 0 Å². The summed E-state index contributed by atoms with van der Waals surface area (Å²) in [5.41, 5.74) is -0.642. The molecule has 4 saturated carbocycles. The molecular formula is C33H36BrN5O6S. The molecule has 0 spiro atoms. The molecule has 11 nitrogen and oxygen atoms in total. The second kappa shape index (κ2) is 13.5. The molecule has 4 amide bonds. The lowest BCUT2D eigenvalue weighted by Crippen LogP contribution is -2.56. The van der Waals surface area contributed by atoms with Crippen LogP contribution in [0, 0.1) is 23.7 Å². The molecule has 4 aliphatic carbocycles. The predicted molar refractivity (Wildman–Crippen MR) is 177 cm³/mol. The molecule has 0 radical (unpaired) electrons. The van der Waals surface area contributed by atoms with Crippen molar-refractivity contribution in [1.82, 2.24) is 20.5 Å². The number of Topliss-reactive ketones (excluding diaryl/α,β-unsaturated/α-hetero) is 1. The molecule has 7 rings (SSSR count). The molecule has 1 aromatic carbocycles. The third-order valence-corrected chi connectivity index (χ3v) is 11.2. The lowest BCUT2D eigenvalue weighted by molar-refractivity contribution is -0.137. The maximum atomic E-state index is 13.5. The quantitative estimate of drug-likeness (QED) is 0.223. The topological polar surface area (TPSA) is 155 Å². The van der Waals surface area contributed by atoms with Gasteiger partial charge in [-0.1, -0.05) is 15.9 Å². The van der Waals surface area contributed by atoms with Gasteiger partial charge in [0.15, 0.2) is 0 Å². The number of carbonyl (C=O) groups excluding carboxylic acids is 5. The van der Waals surface area contributed by atoms with E-state index in [9.17, 15) is 28.8 Å². The van der Waals surface area contributed by atoms with E-state index < -0.39 is 35.1 Å². The summed E-state index contributed by atoms with van der Waals surface area (Å²) in [5, 5.41) is 11.6. The average molecular weight is 711 g/mol. The number of halogens is 1. The fourth-order valence-corrected chi connectivity index (χ4v) is 9.00. The number of hydrogen-bond donors (Lipinski definition) is 4. The van der Waals surface area contributed by atoms with Crippen LogP contribution in [-0.2, 0) is 25.7 Å². The van der Waals surface area contributed by atoms with Crippen LogP contribution in [0.1, 0.15) is 54.6 Å². The lowest BCUT2D eigenvalue weighted by Gasteiger charge is -2.54. The first-order valence-corrected chi connectivity index (χ1v) is 17.2. The van der Waals surface area contributed by atoms with E-state index in [1.165, 1.54) is 41.6 Å². The summed E-state index contributed by atoms with van der Waals surface area (Å²) in [6.07, 6.45) is 6.98. The van der Waals surface area contributed by atoms with E-state index in [1.54, 1.807) is 12.1 Å². The van der Waals surface area contributed by atoms with E-state index in [-0.39, 0.29) is 37.0 Å². The zero-order chi connectivity index (χ0) is 32.5. The molecule has 3 aromatic rings. The highest BCUT2D eigenvalue weighted by molar-refractivity contribution is 9.10. The number of hydrogen-bond acceptors (Lipinski definition) is 7. The zero-order valence-electron chi connectivity index (χ0n) is 25.3. The summed E-state index contributed by atoms with van der Waals surface area (Å²) in [4.78, 5) is 77.5. The van der Waals surface area contributed by atoms with Crippen LogP contribution in [0.2, 0.25) is 0 Å². The third-order valence-electron chi connectivity index (χ3n) is 9.61. The van der Waals surface area contributed by atoms with Gasteiger partial charge in [-0.15, -0.1) is 11.3 Å². The van der Waals surface area contributed by atoms with Crippen LogP contribution in [0.25, 0.3) is 10.1 Å². The molecule has 1 atom stereocenters. The molecular weight excluding hydrogens is 674 g/mol. The summed E-state index contributed by atoms with van der Waals surface area (Å²) in [6, 6.07) is 9.20. The Morgan fingerprint density at radius 3 is 2.41 bits per heavy atom. The summed E-state index contributed by atoms with van der Waals surface area (Å²) < 4.78 is 2.98. The van der Waals surface area contributed by atoms with Crippen molar-refractivity contribution in [2.45, 2.75) is 63.6 Å². The van der Waals surface area contributed by atoms with Gasteiger partial charge in [-0.2, -0.15) is 0 Å². The van der Waals surface area contributed by atoms with Crippen LogP contribution in [0.3, 0.4) is 0 Å². The minimum atomic E-state index is -1.23. The molecule has 13 heteroatoms. The molecule has 4 bridgehead atoms. The minimum Gasteiger partial charge on any atom is -0.353 e.